The van der Waals surface area contributed by atoms with Crippen LogP contribution >= 0.6 is 15.9 Å². The molecular weight excluding hydrogens is 300 g/mol. The molecule has 0 amide bonds. The van der Waals surface area contributed by atoms with Crippen molar-refractivity contribution in [2.24, 2.45) is 0 Å². The zero-order valence-corrected chi connectivity index (χ0v) is 10.8. The molecule has 1 N–H and O–H groups in total. The van der Waals surface area contributed by atoms with Crippen LogP contribution < -0.4 is 4.74 Å². The summed E-state index contributed by atoms with van der Waals surface area (Å²) in [5, 5.41) is 8.98. The van der Waals surface area contributed by atoms with E-state index in [1.165, 1.54) is 18.5 Å². The quantitative estimate of drug-likeness (QED) is 0.939. The van der Waals surface area contributed by atoms with E-state index in [1.54, 1.807) is 12.4 Å². The molecule has 0 radical (unpaired) electrons. The number of carboxylic acid groups (broad SMARTS) is 1. The molecule has 0 saturated heterocycles. The lowest BCUT2D eigenvalue weighted by Gasteiger charge is -2.08. The summed E-state index contributed by atoms with van der Waals surface area (Å²) >= 11 is 3.30. The molecule has 0 unspecified atom stereocenters. The third kappa shape index (κ3) is 3.04. The number of halogens is 1. The number of aromatic carboxylic acids is 1. The standard InChI is InChI=1S/C12H9BrN2O3/c13-9-3-8(4-15-5-9)7-18-11-6-14-2-1-10(11)12(16)17/h1-6H,7H2,(H,16,17). The van der Waals surface area contributed by atoms with Crippen molar-refractivity contribution in [3.63, 3.8) is 0 Å². The normalized spacial score (nSPS) is 10.1. The van der Waals surface area contributed by atoms with E-state index in [2.05, 4.69) is 25.9 Å². The van der Waals surface area contributed by atoms with Gasteiger partial charge in [0.05, 0.1) is 6.20 Å². The van der Waals surface area contributed by atoms with Gasteiger partial charge in [0.25, 0.3) is 0 Å². The van der Waals surface area contributed by atoms with E-state index in [0.717, 1.165) is 10.0 Å². The van der Waals surface area contributed by atoms with Crippen molar-refractivity contribution in [2.45, 2.75) is 6.61 Å². The first-order valence-corrected chi connectivity index (χ1v) is 5.85. The largest absolute Gasteiger partial charge is 0.486 e. The Morgan fingerprint density at radius 2 is 2.17 bits per heavy atom. The van der Waals surface area contributed by atoms with E-state index in [1.807, 2.05) is 6.07 Å². The Kier molecular flexibility index (Phi) is 3.88. The molecule has 6 heteroatoms. The van der Waals surface area contributed by atoms with E-state index < -0.39 is 5.97 Å². The first-order chi connectivity index (χ1) is 8.66. The van der Waals surface area contributed by atoms with Crippen molar-refractivity contribution >= 4 is 21.9 Å². The number of hydrogen-bond acceptors (Lipinski definition) is 4. The van der Waals surface area contributed by atoms with Crippen LogP contribution in [0.5, 0.6) is 5.75 Å². The number of aromatic nitrogens is 2. The second kappa shape index (κ2) is 5.59. The minimum atomic E-state index is -1.04. The molecule has 0 aliphatic rings. The lowest BCUT2D eigenvalue weighted by Crippen LogP contribution is -2.04. The number of carboxylic acids is 1. The van der Waals surface area contributed by atoms with E-state index >= 15 is 0 Å². The van der Waals surface area contributed by atoms with Crippen LogP contribution in [0.3, 0.4) is 0 Å². The number of nitrogens with zero attached hydrogens (tertiary/aromatic N) is 2. The van der Waals surface area contributed by atoms with E-state index in [0.29, 0.717) is 0 Å². The molecule has 0 aliphatic heterocycles. The van der Waals surface area contributed by atoms with Crippen LogP contribution in [-0.2, 0) is 6.61 Å². The first-order valence-electron chi connectivity index (χ1n) is 5.06. The van der Waals surface area contributed by atoms with Crippen molar-refractivity contribution in [3.05, 3.63) is 52.5 Å². The van der Waals surface area contributed by atoms with Gasteiger partial charge in [0.2, 0.25) is 0 Å². The fourth-order valence-electron chi connectivity index (χ4n) is 1.37. The SMILES string of the molecule is O=C(O)c1ccncc1OCc1cncc(Br)c1. The van der Waals surface area contributed by atoms with Crippen molar-refractivity contribution < 1.29 is 14.6 Å². The highest BCUT2D eigenvalue weighted by molar-refractivity contribution is 9.10. The summed E-state index contributed by atoms with van der Waals surface area (Å²) in [5.74, 6) is -0.801. The molecular formula is C12H9BrN2O3. The second-order valence-corrected chi connectivity index (χ2v) is 4.39. The molecule has 2 rings (SSSR count). The molecule has 18 heavy (non-hydrogen) atoms. The average Bonchev–Trinajstić information content (AvgIpc) is 2.37. The molecule has 2 aromatic rings. The molecule has 0 aliphatic carbocycles. The van der Waals surface area contributed by atoms with Gasteiger partial charge >= 0.3 is 5.97 Å². The lowest BCUT2D eigenvalue weighted by atomic mass is 10.2. The van der Waals surface area contributed by atoms with E-state index in [9.17, 15) is 4.79 Å². The van der Waals surface area contributed by atoms with Gasteiger partial charge in [-0.05, 0) is 28.1 Å². The predicted octanol–water partition coefficient (Wildman–Crippen LogP) is 2.52. The van der Waals surface area contributed by atoms with Crippen molar-refractivity contribution in [2.75, 3.05) is 0 Å². The van der Waals surface area contributed by atoms with Crippen molar-refractivity contribution in [1.82, 2.24) is 9.97 Å². The molecule has 2 heterocycles. The Morgan fingerprint density at radius 3 is 2.89 bits per heavy atom. The van der Waals surface area contributed by atoms with Crippen molar-refractivity contribution in [3.8, 4) is 5.75 Å². The Hall–Kier alpha value is -1.95. The highest BCUT2D eigenvalue weighted by Gasteiger charge is 2.10. The summed E-state index contributed by atoms with van der Waals surface area (Å²) in [5.41, 5.74) is 0.928. The number of rotatable bonds is 4. The van der Waals surface area contributed by atoms with Crippen LogP contribution in [0.15, 0.2) is 41.4 Å². The first kappa shape index (κ1) is 12.5. The Bertz CT molecular complexity index is 575. The third-order valence-corrected chi connectivity index (χ3v) is 2.60. The van der Waals surface area contributed by atoms with Gasteiger partial charge < -0.3 is 9.84 Å². The molecule has 5 nitrogen and oxygen atoms in total. The highest BCUT2D eigenvalue weighted by atomic mass is 79.9. The summed E-state index contributed by atoms with van der Waals surface area (Å²) in [7, 11) is 0. The minimum Gasteiger partial charge on any atom is -0.486 e. The molecule has 2 aromatic heterocycles. The topological polar surface area (TPSA) is 72.3 Å². The summed E-state index contributed by atoms with van der Waals surface area (Å²) < 4.78 is 6.28. The van der Waals surface area contributed by atoms with Gasteiger partial charge in [-0.15, -0.1) is 0 Å². The van der Waals surface area contributed by atoms with Crippen LogP contribution in [-0.4, -0.2) is 21.0 Å². The summed E-state index contributed by atoms with van der Waals surface area (Å²) in [6.45, 7) is 0.235. The van der Waals surface area contributed by atoms with Gasteiger partial charge in [0, 0.05) is 28.6 Å². The van der Waals surface area contributed by atoms with Crippen LogP contribution in [0, 0.1) is 0 Å². The zero-order chi connectivity index (χ0) is 13.0. The maximum Gasteiger partial charge on any atom is 0.339 e. The number of ether oxygens (including phenoxy) is 1. The Morgan fingerprint density at radius 1 is 1.33 bits per heavy atom. The van der Waals surface area contributed by atoms with Gasteiger partial charge in [0.1, 0.15) is 12.2 Å². The van der Waals surface area contributed by atoms with Crippen LogP contribution in [0.4, 0.5) is 0 Å². The number of carbonyl (C=O) groups is 1. The van der Waals surface area contributed by atoms with Crippen molar-refractivity contribution in [1.29, 1.82) is 0 Å². The third-order valence-electron chi connectivity index (χ3n) is 2.17. The molecule has 0 fully saturated rings. The Balaban J connectivity index is 2.13. The fraction of sp³-hybridized carbons (Fsp3) is 0.0833. The average molecular weight is 309 g/mol. The summed E-state index contributed by atoms with van der Waals surface area (Å²) in [4.78, 5) is 18.8. The maximum atomic E-state index is 11.0. The van der Waals surface area contributed by atoms with Gasteiger partial charge in [0.15, 0.2) is 5.75 Å². The smallest absolute Gasteiger partial charge is 0.339 e. The van der Waals surface area contributed by atoms with Gasteiger partial charge in [-0.2, -0.15) is 0 Å². The molecule has 92 valence electrons. The maximum absolute atomic E-state index is 11.0. The summed E-state index contributed by atoms with van der Waals surface area (Å²) in [6, 6.07) is 3.25. The Labute approximate surface area is 112 Å². The minimum absolute atomic E-state index is 0.0907. The van der Waals surface area contributed by atoms with Crippen LogP contribution in [0.2, 0.25) is 0 Å². The van der Waals surface area contributed by atoms with Crippen LogP contribution in [0.25, 0.3) is 0 Å². The van der Waals surface area contributed by atoms with Crippen LogP contribution in [0.1, 0.15) is 15.9 Å². The summed E-state index contributed by atoms with van der Waals surface area (Å²) in [6.07, 6.45) is 6.11. The molecule has 0 saturated carbocycles. The predicted molar refractivity (Wildman–Crippen MR) is 67.5 cm³/mol. The number of hydrogen-bond donors (Lipinski definition) is 1. The monoisotopic (exact) mass is 308 g/mol. The van der Waals surface area contributed by atoms with E-state index in [4.69, 9.17) is 9.84 Å². The molecule has 0 aromatic carbocycles. The molecule has 0 atom stereocenters. The molecule has 0 spiro atoms. The fourth-order valence-corrected chi connectivity index (χ4v) is 1.78. The van der Waals surface area contributed by atoms with E-state index in [-0.39, 0.29) is 17.9 Å². The highest BCUT2D eigenvalue weighted by Crippen LogP contribution is 2.18. The van der Waals surface area contributed by atoms with Gasteiger partial charge in [-0.1, -0.05) is 0 Å². The zero-order valence-electron chi connectivity index (χ0n) is 9.21. The van der Waals surface area contributed by atoms with Gasteiger partial charge in [-0.3, -0.25) is 9.97 Å². The second-order valence-electron chi connectivity index (χ2n) is 3.48. The molecule has 0 bridgehead atoms. The lowest BCUT2D eigenvalue weighted by molar-refractivity contribution is 0.0691. The number of pyridine rings is 2. The van der Waals surface area contributed by atoms with Gasteiger partial charge in [-0.25, -0.2) is 4.79 Å².